The van der Waals surface area contributed by atoms with Crippen molar-refractivity contribution in [3.8, 4) is 0 Å². The predicted octanol–water partition coefficient (Wildman–Crippen LogP) is 7.69. The molecule has 0 aliphatic heterocycles. The standard InChI is InChI=1S/C17H12.C11H11N/c1-11-5-6-14-8-7-12-3-2-4-13-9-10-15(11)17(14)16(12)13;1-2-11-7-9-5-3-4-6-10(9)8-12-11/h2-10H,1H3;3-8H,2H2,1H3. The minimum atomic E-state index is 1.00. The molecule has 1 heteroatoms. The van der Waals surface area contributed by atoms with Gasteiger partial charge in [-0.1, -0.05) is 85.8 Å². The van der Waals surface area contributed by atoms with Crippen molar-refractivity contribution in [2.45, 2.75) is 20.3 Å². The van der Waals surface area contributed by atoms with Crippen LogP contribution in [0.15, 0.2) is 91.1 Å². The first-order valence-corrected chi connectivity index (χ1v) is 10.2. The number of aromatic nitrogens is 1. The SMILES string of the molecule is CCc1cc2ccccc2cn1.Cc1ccc2ccc3cccc4ccc1c2c34. The number of benzene rings is 5. The highest BCUT2D eigenvalue weighted by Gasteiger charge is 2.08. The molecule has 0 fully saturated rings. The molecule has 1 heterocycles. The van der Waals surface area contributed by atoms with Crippen molar-refractivity contribution in [1.82, 2.24) is 4.98 Å². The Bertz CT molecular complexity index is 1430. The van der Waals surface area contributed by atoms with Gasteiger partial charge in [-0.3, -0.25) is 4.98 Å². The van der Waals surface area contributed by atoms with Crippen LogP contribution < -0.4 is 0 Å². The highest BCUT2D eigenvalue weighted by molar-refractivity contribution is 6.23. The van der Waals surface area contributed by atoms with E-state index in [0.29, 0.717) is 0 Å². The number of hydrogen-bond donors (Lipinski definition) is 0. The fourth-order valence-electron chi connectivity index (χ4n) is 4.20. The van der Waals surface area contributed by atoms with E-state index in [4.69, 9.17) is 0 Å². The molecule has 0 spiro atoms. The Morgan fingerprint density at radius 3 is 2.00 bits per heavy atom. The van der Waals surface area contributed by atoms with Crippen LogP contribution in [0.5, 0.6) is 0 Å². The number of hydrogen-bond acceptors (Lipinski definition) is 1. The zero-order chi connectivity index (χ0) is 19.8. The topological polar surface area (TPSA) is 12.9 Å². The Morgan fingerprint density at radius 1 is 0.621 bits per heavy atom. The van der Waals surface area contributed by atoms with Gasteiger partial charge in [0.2, 0.25) is 0 Å². The Morgan fingerprint density at radius 2 is 1.24 bits per heavy atom. The van der Waals surface area contributed by atoms with Crippen LogP contribution >= 0.6 is 0 Å². The van der Waals surface area contributed by atoms with Gasteiger partial charge in [-0.25, -0.2) is 0 Å². The maximum Gasteiger partial charge on any atom is 0.0407 e. The summed E-state index contributed by atoms with van der Waals surface area (Å²) < 4.78 is 0. The average molecular weight is 373 g/mol. The maximum atomic E-state index is 4.33. The van der Waals surface area contributed by atoms with Crippen molar-refractivity contribution in [2.75, 3.05) is 0 Å². The molecule has 0 aliphatic carbocycles. The van der Waals surface area contributed by atoms with E-state index >= 15 is 0 Å². The molecule has 0 amide bonds. The first-order valence-electron chi connectivity index (χ1n) is 10.2. The van der Waals surface area contributed by atoms with Gasteiger partial charge < -0.3 is 0 Å². The van der Waals surface area contributed by atoms with E-state index in [2.05, 4.69) is 97.7 Å². The summed E-state index contributed by atoms with van der Waals surface area (Å²) in [5.41, 5.74) is 2.52. The summed E-state index contributed by atoms with van der Waals surface area (Å²) in [6.07, 6.45) is 2.94. The summed E-state index contributed by atoms with van der Waals surface area (Å²) in [6, 6.07) is 30.3. The van der Waals surface area contributed by atoms with Gasteiger partial charge in [-0.05, 0) is 62.7 Å². The first kappa shape index (κ1) is 17.6. The fraction of sp³-hybridized carbons (Fsp3) is 0.107. The van der Waals surface area contributed by atoms with Crippen LogP contribution in [-0.2, 0) is 6.42 Å². The summed E-state index contributed by atoms with van der Waals surface area (Å²) in [5, 5.41) is 10.7. The third-order valence-electron chi connectivity index (χ3n) is 5.80. The largest absolute Gasteiger partial charge is 0.261 e. The van der Waals surface area contributed by atoms with Crippen molar-refractivity contribution < 1.29 is 0 Å². The summed E-state index contributed by atoms with van der Waals surface area (Å²) in [5.74, 6) is 0. The molecule has 0 unspecified atom stereocenters. The first-order chi connectivity index (χ1) is 14.2. The van der Waals surface area contributed by atoms with E-state index in [0.717, 1.165) is 12.1 Å². The van der Waals surface area contributed by atoms with Gasteiger partial charge in [0.25, 0.3) is 0 Å². The molecule has 0 atom stereocenters. The van der Waals surface area contributed by atoms with Crippen molar-refractivity contribution in [1.29, 1.82) is 0 Å². The lowest BCUT2D eigenvalue weighted by molar-refractivity contribution is 1.05. The monoisotopic (exact) mass is 373 g/mol. The third kappa shape index (κ3) is 3.09. The average Bonchev–Trinajstić information content (AvgIpc) is 2.79. The molecular weight excluding hydrogens is 350 g/mol. The fourth-order valence-corrected chi connectivity index (χ4v) is 4.20. The van der Waals surface area contributed by atoms with Crippen LogP contribution in [0.4, 0.5) is 0 Å². The summed E-state index contributed by atoms with van der Waals surface area (Å²) in [7, 11) is 0. The van der Waals surface area contributed by atoms with E-state index in [1.54, 1.807) is 0 Å². The third-order valence-corrected chi connectivity index (χ3v) is 5.80. The molecule has 29 heavy (non-hydrogen) atoms. The molecule has 0 saturated carbocycles. The molecule has 1 nitrogen and oxygen atoms in total. The van der Waals surface area contributed by atoms with Crippen molar-refractivity contribution >= 4 is 43.1 Å². The smallest absolute Gasteiger partial charge is 0.0407 e. The Hall–Kier alpha value is -3.45. The number of rotatable bonds is 1. The van der Waals surface area contributed by atoms with Crippen LogP contribution in [0.2, 0.25) is 0 Å². The summed E-state index contributed by atoms with van der Waals surface area (Å²) in [4.78, 5) is 4.33. The Balaban J connectivity index is 0.000000134. The van der Waals surface area contributed by atoms with Crippen LogP contribution in [-0.4, -0.2) is 4.98 Å². The predicted molar refractivity (Wildman–Crippen MR) is 126 cm³/mol. The van der Waals surface area contributed by atoms with Crippen molar-refractivity contribution in [3.63, 3.8) is 0 Å². The maximum absolute atomic E-state index is 4.33. The number of nitrogens with zero attached hydrogens (tertiary/aromatic N) is 1. The molecule has 0 saturated heterocycles. The van der Waals surface area contributed by atoms with Crippen molar-refractivity contribution in [3.05, 3.63) is 102 Å². The summed E-state index contributed by atoms with van der Waals surface area (Å²) in [6.45, 7) is 4.31. The molecule has 0 bridgehead atoms. The van der Waals surface area contributed by atoms with E-state index in [1.165, 1.54) is 48.7 Å². The van der Waals surface area contributed by atoms with Gasteiger partial charge >= 0.3 is 0 Å². The molecule has 0 aliphatic rings. The lowest BCUT2D eigenvalue weighted by atomic mass is 9.92. The minimum Gasteiger partial charge on any atom is -0.261 e. The van der Waals surface area contributed by atoms with Crippen LogP contribution in [0, 0.1) is 6.92 Å². The van der Waals surface area contributed by atoms with Gasteiger partial charge in [0.05, 0.1) is 0 Å². The van der Waals surface area contributed by atoms with Gasteiger partial charge in [-0.2, -0.15) is 0 Å². The second-order valence-electron chi connectivity index (χ2n) is 7.61. The Labute approximate surface area is 171 Å². The van der Waals surface area contributed by atoms with Gasteiger partial charge in [0, 0.05) is 17.3 Å². The van der Waals surface area contributed by atoms with Crippen molar-refractivity contribution in [2.24, 2.45) is 0 Å². The number of fused-ring (bicyclic) bond motifs is 1. The lowest BCUT2D eigenvalue weighted by Crippen LogP contribution is -1.85. The Kier molecular flexibility index (Phi) is 4.37. The van der Waals surface area contributed by atoms with E-state index in [9.17, 15) is 0 Å². The molecule has 140 valence electrons. The molecule has 0 radical (unpaired) electrons. The van der Waals surface area contributed by atoms with E-state index in [1.807, 2.05) is 12.3 Å². The highest BCUT2D eigenvalue weighted by atomic mass is 14.7. The van der Waals surface area contributed by atoms with Gasteiger partial charge in [0.1, 0.15) is 0 Å². The number of pyridine rings is 1. The number of aryl methyl sites for hydroxylation is 2. The summed E-state index contributed by atoms with van der Waals surface area (Å²) >= 11 is 0. The van der Waals surface area contributed by atoms with Gasteiger partial charge in [-0.15, -0.1) is 0 Å². The van der Waals surface area contributed by atoms with E-state index < -0.39 is 0 Å². The molecule has 1 aromatic heterocycles. The molecule has 0 N–H and O–H groups in total. The normalized spacial score (nSPS) is 11.2. The molecule has 5 aromatic carbocycles. The minimum absolute atomic E-state index is 1.00. The second kappa shape index (κ2) is 7.18. The molecular formula is C28H23N. The quantitative estimate of drug-likeness (QED) is 0.269. The van der Waals surface area contributed by atoms with Crippen LogP contribution in [0.1, 0.15) is 18.2 Å². The molecule has 6 aromatic rings. The van der Waals surface area contributed by atoms with Gasteiger partial charge in [0.15, 0.2) is 0 Å². The van der Waals surface area contributed by atoms with Crippen LogP contribution in [0.25, 0.3) is 43.1 Å². The zero-order valence-corrected chi connectivity index (χ0v) is 16.8. The van der Waals surface area contributed by atoms with Crippen LogP contribution in [0.3, 0.4) is 0 Å². The lowest BCUT2D eigenvalue weighted by Gasteiger charge is -2.11. The molecule has 6 rings (SSSR count). The second-order valence-corrected chi connectivity index (χ2v) is 7.61. The zero-order valence-electron chi connectivity index (χ0n) is 16.8. The highest BCUT2D eigenvalue weighted by Crippen LogP contribution is 2.35. The van der Waals surface area contributed by atoms with E-state index in [-0.39, 0.29) is 0 Å².